The molecular weight excluding hydrogens is 334 g/mol. The third kappa shape index (κ3) is 2.82. The van der Waals surface area contributed by atoms with E-state index in [0.29, 0.717) is 12.3 Å². The van der Waals surface area contributed by atoms with Crippen molar-refractivity contribution in [2.75, 3.05) is 5.32 Å². The number of aryl methyl sites for hydroxylation is 1. The van der Waals surface area contributed by atoms with Gasteiger partial charge in [-0.3, -0.25) is 0 Å². The molecular formula is C13H13BrClNOS. The summed E-state index contributed by atoms with van der Waals surface area (Å²) < 4.78 is 1.68. The van der Waals surface area contributed by atoms with Crippen LogP contribution in [0.3, 0.4) is 0 Å². The monoisotopic (exact) mass is 345 g/mol. The maximum absolute atomic E-state index is 9.87. The van der Waals surface area contributed by atoms with Gasteiger partial charge in [0.2, 0.25) is 0 Å². The van der Waals surface area contributed by atoms with Crippen LogP contribution in [-0.2, 0) is 6.54 Å². The average molecular weight is 347 g/mol. The van der Waals surface area contributed by atoms with Crippen molar-refractivity contribution in [2.45, 2.75) is 20.4 Å². The summed E-state index contributed by atoms with van der Waals surface area (Å²) >= 11 is 10.9. The van der Waals surface area contributed by atoms with E-state index in [1.54, 1.807) is 11.3 Å². The van der Waals surface area contributed by atoms with Gasteiger partial charge in [0, 0.05) is 27.1 Å². The Morgan fingerprint density at radius 2 is 2.11 bits per heavy atom. The maximum atomic E-state index is 9.87. The van der Waals surface area contributed by atoms with Crippen LogP contribution >= 0.6 is 38.9 Å². The lowest BCUT2D eigenvalue weighted by molar-refractivity contribution is 0.467. The fourth-order valence-electron chi connectivity index (χ4n) is 1.69. The number of phenolic OH excluding ortho intramolecular Hbond substituents is 1. The molecule has 96 valence electrons. The molecule has 0 saturated heterocycles. The van der Waals surface area contributed by atoms with Gasteiger partial charge in [-0.2, -0.15) is 0 Å². The van der Waals surface area contributed by atoms with Crippen LogP contribution in [0.5, 0.6) is 5.75 Å². The highest BCUT2D eigenvalue weighted by Gasteiger charge is 2.08. The minimum absolute atomic E-state index is 0.352. The number of thiophene rings is 1. The lowest BCUT2D eigenvalue weighted by Gasteiger charge is -2.11. The van der Waals surface area contributed by atoms with Gasteiger partial charge in [-0.1, -0.05) is 17.7 Å². The van der Waals surface area contributed by atoms with E-state index < -0.39 is 0 Å². The molecule has 2 rings (SSSR count). The van der Waals surface area contributed by atoms with Crippen LogP contribution < -0.4 is 5.32 Å². The van der Waals surface area contributed by atoms with Crippen molar-refractivity contribution in [3.63, 3.8) is 0 Å². The highest BCUT2D eigenvalue weighted by Crippen LogP contribution is 2.33. The Labute approximate surface area is 124 Å². The molecule has 2 aromatic rings. The molecule has 0 saturated carbocycles. The van der Waals surface area contributed by atoms with Gasteiger partial charge < -0.3 is 10.4 Å². The average Bonchev–Trinajstić information content (AvgIpc) is 2.65. The zero-order valence-corrected chi connectivity index (χ0v) is 13.2. The highest BCUT2D eigenvalue weighted by atomic mass is 79.9. The SMILES string of the molecule is Cc1ccc(NCc2cc(Br)c(Cl)s2)c(C)c1O. The van der Waals surface area contributed by atoms with Crippen LogP contribution in [0.2, 0.25) is 4.34 Å². The summed E-state index contributed by atoms with van der Waals surface area (Å²) in [7, 11) is 0. The van der Waals surface area contributed by atoms with Crippen molar-refractivity contribution in [3.05, 3.63) is 43.0 Å². The molecule has 0 unspecified atom stereocenters. The molecule has 0 spiro atoms. The normalized spacial score (nSPS) is 10.7. The summed E-state index contributed by atoms with van der Waals surface area (Å²) in [5.74, 6) is 0.352. The van der Waals surface area contributed by atoms with Gasteiger partial charge in [-0.15, -0.1) is 11.3 Å². The van der Waals surface area contributed by atoms with Crippen LogP contribution in [0.25, 0.3) is 0 Å². The first-order chi connectivity index (χ1) is 8.49. The van der Waals surface area contributed by atoms with Gasteiger partial charge in [0.15, 0.2) is 0 Å². The Hall–Kier alpha value is -0.710. The fraction of sp³-hybridized carbons (Fsp3) is 0.231. The number of hydrogen-bond acceptors (Lipinski definition) is 3. The first-order valence-electron chi connectivity index (χ1n) is 5.45. The predicted molar refractivity (Wildman–Crippen MR) is 81.9 cm³/mol. The first-order valence-corrected chi connectivity index (χ1v) is 7.44. The standard InChI is InChI=1S/C13H13BrClNOS/c1-7-3-4-11(8(2)12(7)17)16-6-9-5-10(14)13(15)18-9/h3-5,16-17H,6H2,1-2H3. The van der Waals surface area contributed by atoms with E-state index in [4.69, 9.17) is 11.6 Å². The molecule has 2 N–H and O–H groups in total. The van der Waals surface area contributed by atoms with Crippen LogP contribution in [0, 0.1) is 13.8 Å². The number of benzene rings is 1. The molecule has 1 aromatic carbocycles. The van der Waals surface area contributed by atoms with Crippen LogP contribution in [0.1, 0.15) is 16.0 Å². The molecule has 0 aliphatic carbocycles. The second kappa shape index (κ2) is 5.51. The molecule has 1 aromatic heterocycles. The van der Waals surface area contributed by atoms with Gasteiger partial charge in [0.25, 0.3) is 0 Å². The Bertz CT molecular complexity index is 563. The largest absolute Gasteiger partial charge is 0.507 e. The van der Waals surface area contributed by atoms with E-state index in [0.717, 1.165) is 30.5 Å². The zero-order chi connectivity index (χ0) is 13.3. The summed E-state index contributed by atoms with van der Waals surface area (Å²) in [4.78, 5) is 1.14. The minimum Gasteiger partial charge on any atom is -0.507 e. The lowest BCUT2D eigenvalue weighted by Crippen LogP contribution is -1.99. The number of anilines is 1. The zero-order valence-electron chi connectivity index (χ0n) is 10.1. The predicted octanol–water partition coefficient (Wildman–Crippen LogP) is 5.10. The number of hydrogen-bond donors (Lipinski definition) is 2. The number of rotatable bonds is 3. The third-order valence-corrected chi connectivity index (χ3v) is 5.26. The van der Waals surface area contributed by atoms with E-state index in [2.05, 4.69) is 21.2 Å². The Kier molecular flexibility index (Phi) is 4.20. The van der Waals surface area contributed by atoms with Crippen molar-refractivity contribution in [2.24, 2.45) is 0 Å². The molecule has 2 nitrogen and oxygen atoms in total. The molecule has 0 amide bonds. The first kappa shape index (κ1) is 13.7. The maximum Gasteiger partial charge on any atom is 0.123 e. The van der Waals surface area contributed by atoms with Crippen molar-refractivity contribution in [1.82, 2.24) is 0 Å². The van der Waals surface area contributed by atoms with Crippen molar-refractivity contribution in [3.8, 4) is 5.75 Å². The van der Waals surface area contributed by atoms with Gasteiger partial charge in [0.1, 0.15) is 10.1 Å². The van der Waals surface area contributed by atoms with Gasteiger partial charge in [-0.05, 0) is 47.5 Å². The topological polar surface area (TPSA) is 32.3 Å². The van der Waals surface area contributed by atoms with E-state index >= 15 is 0 Å². The quantitative estimate of drug-likeness (QED) is 0.810. The summed E-state index contributed by atoms with van der Waals surface area (Å²) in [5, 5.41) is 13.2. The second-order valence-corrected chi connectivity index (χ2v) is 6.68. The molecule has 0 fully saturated rings. The van der Waals surface area contributed by atoms with E-state index in [1.165, 1.54) is 0 Å². The van der Waals surface area contributed by atoms with Crippen molar-refractivity contribution in [1.29, 1.82) is 0 Å². The Morgan fingerprint density at radius 1 is 1.39 bits per heavy atom. The molecule has 0 radical (unpaired) electrons. The summed E-state index contributed by atoms with van der Waals surface area (Å²) in [6.45, 7) is 4.49. The molecule has 0 atom stereocenters. The van der Waals surface area contributed by atoms with Gasteiger partial charge >= 0.3 is 0 Å². The van der Waals surface area contributed by atoms with E-state index in [1.807, 2.05) is 32.0 Å². The van der Waals surface area contributed by atoms with Gasteiger partial charge in [0.05, 0.1) is 0 Å². The van der Waals surface area contributed by atoms with Crippen molar-refractivity contribution < 1.29 is 5.11 Å². The van der Waals surface area contributed by atoms with Crippen LogP contribution in [0.15, 0.2) is 22.7 Å². The van der Waals surface area contributed by atoms with Gasteiger partial charge in [-0.25, -0.2) is 0 Å². The number of phenols is 1. The number of nitrogens with one attached hydrogen (secondary N) is 1. The summed E-state index contributed by atoms with van der Waals surface area (Å²) in [5.41, 5.74) is 2.70. The molecule has 5 heteroatoms. The highest BCUT2D eigenvalue weighted by molar-refractivity contribution is 9.10. The fourth-order valence-corrected chi connectivity index (χ4v) is 3.42. The number of halogens is 2. The van der Waals surface area contributed by atoms with Crippen LogP contribution in [-0.4, -0.2) is 5.11 Å². The van der Waals surface area contributed by atoms with Crippen molar-refractivity contribution >= 4 is 44.6 Å². The second-order valence-electron chi connectivity index (χ2n) is 4.09. The lowest BCUT2D eigenvalue weighted by atomic mass is 10.1. The molecule has 18 heavy (non-hydrogen) atoms. The van der Waals surface area contributed by atoms with E-state index in [9.17, 15) is 5.11 Å². The minimum atomic E-state index is 0.352. The summed E-state index contributed by atoms with van der Waals surface area (Å²) in [6, 6.07) is 5.89. The molecule has 0 bridgehead atoms. The smallest absolute Gasteiger partial charge is 0.123 e. The molecule has 0 aliphatic heterocycles. The summed E-state index contributed by atoms with van der Waals surface area (Å²) in [6.07, 6.45) is 0. The van der Waals surface area contributed by atoms with Crippen LogP contribution in [0.4, 0.5) is 5.69 Å². The Balaban J connectivity index is 2.13. The third-order valence-electron chi connectivity index (χ3n) is 2.78. The Morgan fingerprint density at radius 3 is 2.72 bits per heavy atom. The molecule has 0 aliphatic rings. The van der Waals surface area contributed by atoms with E-state index in [-0.39, 0.29) is 0 Å². The number of aromatic hydroxyl groups is 1. The molecule has 1 heterocycles.